The molecule has 4 rings (SSSR count). The van der Waals surface area contributed by atoms with Crippen LogP contribution in [0.2, 0.25) is 0 Å². The van der Waals surface area contributed by atoms with Gasteiger partial charge in [0.1, 0.15) is 11.5 Å². The van der Waals surface area contributed by atoms with Crippen LogP contribution in [0, 0.1) is 0 Å². The normalized spacial score (nSPS) is 10.5. The van der Waals surface area contributed by atoms with Crippen LogP contribution in [0.15, 0.2) is 63.5 Å². The number of nitrogens with zero attached hydrogens (tertiary/aromatic N) is 3. The summed E-state index contributed by atoms with van der Waals surface area (Å²) in [5.41, 5.74) is 1.46. The second kappa shape index (κ2) is 10.8. The second-order valence-corrected chi connectivity index (χ2v) is 8.87. The van der Waals surface area contributed by atoms with E-state index in [4.69, 9.17) is 14.0 Å². The number of aromatic nitrogens is 3. The molecule has 4 aromatic rings. The highest BCUT2D eigenvalue weighted by atomic mass is 32.2. The van der Waals surface area contributed by atoms with E-state index in [0.717, 1.165) is 16.9 Å². The summed E-state index contributed by atoms with van der Waals surface area (Å²) < 4.78 is 16.2. The first kappa shape index (κ1) is 23.3. The zero-order valence-electron chi connectivity index (χ0n) is 18.1. The van der Waals surface area contributed by atoms with Crippen LogP contribution in [-0.2, 0) is 4.79 Å². The number of hydrogen-bond donors (Lipinski definition) is 2. The first-order valence-corrected chi connectivity index (χ1v) is 11.7. The van der Waals surface area contributed by atoms with Gasteiger partial charge in [0, 0.05) is 17.7 Å². The quantitative estimate of drug-likeness (QED) is 0.258. The van der Waals surface area contributed by atoms with Crippen molar-refractivity contribution < 1.29 is 23.6 Å². The predicted molar refractivity (Wildman–Crippen MR) is 129 cm³/mol. The molecule has 174 valence electrons. The average Bonchev–Trinajstić information content (AvgIpc) is 3.53. The SMILES string of the molecule is COc1ccc(NC(=O)CSc2nnc(NC(=O)c3cc(-c4ccccc4)on3)s2)c(OC)c1. The molecule has 0 fully saturated rings. The smallest absolute Gasteiger partial charge is 0.279 e. The number of anilines is 2. The molecule has 0 radical (unpaired) electrons. The van der Waals surface area contributed by atoms with Crippen molar-refractivity contribution >= 4 is 45.7 Å². The van der Waals surface area contributed by atoms with Crippen molar-refractivity contribution in [1.82, 2.24) is 15.4 Å². The highest BCUT2D eigenvalue weighted by molar-refractivity contribution is 8.01. The van der Waals surface area contributed by atoms with E-state index in [1.807, 2.05) is 30.3 Å². The van der Waals surface area contributed by atoms with Gasteiger partial charge in [-0.15, -0.1) is 10.2 Å². The Hall–Kier alpha value is -3.90. The molecule has 0 aliphatic heterocycles. The lowest BCUT2D eigenvalue weighted by Crippen LogP contribution is -2.14. The van der Waals surface area contributed by atoms with E-state index in [-0.39, 0.29) is 22.5 Å². The Balaban J connectivity index is 1.30. The maximum absolute atomic E-state index is 12.5. The summed E-state index contributed by atoms with van der Waals surface area (Å²) in [5.74, 6) is 0.977. The van der Waals surface area contributed by atoms with E-state index >= 15 is 0 Å². The molecule has 2 amide bonds. The van der Waals surface area contributed by atoms with Crippen molar-refractivity contribution in [2.75, 3.05) is 30.6 Å². The third-order valence-electron chi connectivity index (χ3n) is 4.44. The van der Waals surface area contributed by atoms with Crippen LogP contribution in [0.25, 0.3) is 11.3 Å². The molecule has 2 aromatic carbocycles. The highest BCUT2D eigenvalue weighted by Gasteiger charge is 2.17. The zero-order chi connectivity index (χ0) is 23.9. The molecule has 0 atom stereocenters. The van der Waals surface area contributed by atoms with Crippen LogP contribution in [0.5, 0.6) is 11.5 Å². The lowest BCUT2D eigenvalue weighted by molar-refractivity contribution is -0.113. The van der Waals surface area contributed by atoms with Crippen molar-refractivity contribution in [3.05, 3.63) is 60.3 Å². The van der Waals surface area contributed by atoms with Gasteiger partial charge in [0.15, 0.2) is 15.8 Å². The summed E-state index contributed by atoms with van der Waals surface area (Å²) in [7, 11) is 3.06. The fraction of sp³-hybridized carbons (Fsp3) is 0.136. The molecular weight excluding hydrogens is 478 g/mol. The van der Waals surface area contributed by atoms with Crippen molar-refractivity contribution in [2.24, 2.45) is 0 Å². The van der Waals surface area contributed by atoms with Crippen LogP contribution in [0.4, 0.5) is 10.8 Å². The van der Waals surface area contributed by atoms with Crippen LogP contribution in [0.1, 0.15) is 10.5 Å². The van der Waals surface area contributed by atoms with Crippen molar-refractivity contribution in [3.8, 4) is 22.8 Å². The largest absolute Gasteiger partial charge is 0.497 e. The van der Waals surface area contributed by atoms with E-state index in [2.05, 4.69) is 26.0 Å². The van der Waals surface area contributed by atoms with Gasteiger partial charge < -0.3 is 19.3 Å². The molecule has 0 unspecified atom stereocenters. The monoisotopic (exact) mass is 497 g/mol. The fourth-order valence-corrected chi connectivity index (χ4v) is 4.36. The lowest BCUT2D eigenvalue weighted by Gasteiger charge is -2.11. The third kappa shape index (κ3) is 5.71. The van der Waals surface area contributed by atoms with E-state index in [1.54, 1.807) is 31.4 Å². The summed E-state index contributed by atoms with van der Waals surface area (Å²) in [6, 6.07) is 16.0. The fourth-order valence-electron chi connectivity index (χ4n) is 2.82. The average molecular weight is 498 g/mol. The summed E-state index contributed by atoms with van der Waals surface area (Å²) in [6.45, 7) is 0. The van der Waals surface area contributed by atoms with E-state index in [1.165, 1.54) is 18.9 Å². The molecule has 34 heavy (non-hydrogen) atoms. The van der Waals surface area contributed by atoms with Gasteiger partial charge >= 0.3 is 0 Å². The molecule has 2 heterocycles. The number of hydrogen-bond acceptors (Lipinski definition) is 10. The van der Waals surface area contributed by atoms with Crippen LogP contribution >= 0.6 is 23.1 Å². The van der Waals surface area contributed by atoms with Crippen molar-refractivity contribution in [3.63, 3.8) is 0 Å². The molecule has 12 heteroatoms. The number of amides is 2. The number of rotatable bonds is 9. The van der Waals surface area contributed by atoms with Gasteiger partial charge in [0.05, 0.1) is 25.7 Å². The summed E-state index contributed by atoms with van der Waals surface area (Å²) in [4.78, 5) is 24.8. The number of benzene rings is 2. The predicted octanol–water partition coefficient (Wildman–Crippen LogP) is 4.19. The van der Waals surface area contributed by atoms with E-state index < -0.39 is 5.91 Å². The van der Waals surface area contributed by atoms with Crippen LogP contribution < -0.4 is 20.1 Å². The van der Waals surface area contributed by atoms with Gasteiger partial charge in [-0.3, -0.25) is 14.9 Å². The molecule has 0 saturated heterocycles. The number of ether oxygens (including phenoxy) is 2. The number of methoxy groups -OCH3 is 2. The standard InChI is InChI=1S/C22H19N5O5S2/c1-30-14-8-9-15(18(10-14)31-2)23-19(28)12-33-22-26-25-21(34-22)24-20(29)16-11-17(32-27-16)13-6-4-3-5-7-13/h3-11H,12H2,1-2H3,(H,23,28)(H,24,25,29). The van der Waals surface area contributed by atoms with Gasteiger partial charge in [0.2, 0.25) is 11.0 Å². The van der Waals surface area contributed by atoms with Crippen molar-refractivity contribution in [2.45, 2.75) is 4.34 Å². The van der Waals surface area contributed by atoms with Gasteiger partial charge in [-0.1, -0.05) is 58.6 Å². The maximum Gasteiger partial charge on any atom is 0.279 e. The van der Waals surface area contributed by atoms with Gasteiger partial charge in [0.25, 0.3) is 5.91 Å². The topological polar surface area (TPSA) is 128 Å². The Bertz CT molecular complexity index is 1290. The Morgan fingerprint density at radius 2 is 1.85 bits per heavy atom. The highest BCUT2D eigenvalue weighted by Crippen LogP contribution is 2.30. The minimum Gasteiger partial charge on any atom is -0.497 e. The number of carbonyl (C=O) groups excluding carboxylic acids is 2. The molecule has 0 saturated carbocycles. The summed E-state index contributed by atoms with van der Waals surface area (Å²) in [6.07, 6.45) is 0. The molecule has 0 bridgehead atoms. The van der Waals surface area contributed by atoms with E-state index in [0.29, 0.717) is 27.3 Å². The molecule has 2 N–H and O–H groups in total. The Kier molecular flexibility index (Phi) is 7.40. The Morgan fingerprint density at radius 1 is 1.03 bits per heavy atom. The first-order chi connectivity index (χ1) is 16.6. The first-order valence-electron chi connectivity index (χ1n) is 9.87. The number of nitrogens with one attached hydrogen (secondary N) is 2. The van der Waals surface area contributed by atoms with Gasteiger partial charge in [-0.25, -0.2) is 0 Å². The minimum absolute atomic E-state index is 0.0987. The molecule has 0 aliphatic carbocycles. The molecule has 0 aliphatic rings. The molecule has 10 nitrogen and oxygen atoms in total. The summed E-state index contributed by atoms with van der Waals surface area (Å²) >= 11 is 2.35. The molecular formula is C22H19N5O5S2. The zero-order valence-corrected chi connectivity index (χ0v) is 19.7. The third-order valence-corrected chi connectivity index (χ3v) is 6.41. The van der Waals surface area contributed by atoms with Gasteiger partial charge in [-0.05, 0) is 12.1 Å². The Labute approximate surface area is 202 Å². The molecule has 0 spiro atoms. The minimum atomic E-state index is -0.469. The maximum atomic E-state index is 12.5. The Morgan fingerprint density at radius 3 is 2.62 bits per heavy atom. The lowest BCUT2D eigenvalue weighted by atomic mass is 10.1. The van der Waals surface area contributed by atoms with Crippen LogP contribution in [-0.4, -0.2) is 47.1 Å². The van der Waals surface area contributed by atoms with Crippen LogP contribution in [0.3, 0.4) is 0 Å². The second-order valence-electron chi connectivity index (χ2n) is 6.67. The van der Waals surface area contributed by atoms with E-state index in [9.17, 15) is 9.59 Å². The number of thioether (sulfide) groups is 1. The van der Waals surface area contributed by atoms with Gasteiger partial charge in [-0.2, -0.15) is 0 Å². The molecule has 2 aromatic heterocycles. The summed E-state index contributed by atoms with van der Waals surface area (Å²) in [5, 5.41) is 17.5. The van der Waals surface area contributed by atoms with Crippen molar-refractivity contribution in [1.29, 1.82) is 0 Å². The number of carbonyl (C=O) groups is 2.